The van der Waals surface area contributed by atoms with Gasteiger partial charge in [0.15, 0.2) is 0 Å². The average molecular weight is 435 g/mol. The van der Waals surface area contributed by atoms with Gasteiger partial charge >= 0.3 is 0 Å². The Balaban J connectivity index is 2.03. The first-order chi connectivity index (χ1) is 12.5. The van der Waals surface area contributed by atoms with Crippen LogP contribution in [-0.4, -0.2) is 29.9 Å². The molecule has 0 bridgehead atoms. The summed E-state index contributed by atoms with van der Waals surface area (Å²) in [5.74, 6) is 0.390. The molecule has 0 saturated heterocycles. The van der Waals surface area contributed by atoms with Crippen molar-refractivity contribution >= 4 is 39.5 Å². The monoisotopic (exact) mass is 434 g/mol. The van der Waals surface area contributed by atoms with E-state index in [2.05, 4.69) is 26.6 Å². The zero-order chi connectivity index (χ0) is 18.9. The van der Waals surface area contributed by atoms with E-state index in [-0.39, 0.29) is 17.9 Å². The van der Waals surface area contributed by atoms with Crippen LogP contribution in [0.4, 0.5) is 0 Å². The molecule has 0 spiro atoms. The SMILES string of the molecule is CSCC[C@H](NC(=O)c1ccccc1)C(=O)N[C@H](C)c1ccc(Br)cc1. The number of hydrogen-bond donors (Lipinski definition) is 2. The van der Waals surface area contributed by atoms with Gasteiger partial charge in [-0.1, -0.05) is 46.3 Å². The normalized spacial score (nSPS) is 12.9. The van der Waals surface area contributed by atoms with Crippen LogP contribution in [0.2, 0.25) is 0 Å². The number of nitrogens with one attached hydrogen (secondary N) is 2. The van der Waals surface area contributed by atoms with Crippen LogP contribution in [0.5, 0.6) is 0 Å². The molecular formula is C20H23BrN2O2S. The molecular weight excluding hydrogens is 412 g/mol. The summed E-state index contributed by atoms with van der Waals surface area (Å²) in [4.78, 5) is 25.1. The number of rotatable bonds is 8. The molecule has 26 heavy (non-hydrogen) atoms. The van der Waals surface area contributed by atoms with Crippen molar-refractivity contribution in [2.75, 3.05) is 12.0 Å². The van der Waals surface area contributed by atoms with Gasteiger partial charge in [0, 0.05) is 10.0 Å². The van der Waals surface area contributed by atoms with Crippen molar-refractivity contribution in [3.8, 4) is 0 Å². The van der Waals surface area contributed by atoms with E-state index in [0.29, 0.717) is 12.0 Å². The zero-order valence-electron chi connectivity index (χ0n) is 14.9. The third kappa shape index (κ3) is 6.18. The van der Waals surface area contributed by atoms with Crippen LogP contribution in [0.1, 0.15) is 35.3 Å². The van der Waals surface area contributed by atoms with Gasteiger partial charge in [-0.3, -0.25) is 9.59 Å². The number of thioether (sulfide) groups is 1. The van der Waals surface area contributed by atoms with Gasteiger partial charge in [-0.15, -0.1) is 0 Å². The van der Waals surface area contributed by atoms with Crippen LogP contribution in [0.15, 0.2) is 59.1 Å². The van der Waals surface area contributed by atoms with E-state index in [1.807, 2.05) is 55.6 Å². The molecule has 0 aliphatic rings. The molecule has 0 aromatic heterocycles. The predicted molar refractivity (Wildman–Crippen MR) is 111 cm³/mol. The molecule has 2 atom stereocenters. The Bertz CT molecular complexity index is 722. The van der Waals surface area contributed by atoms with Gasteiger partial charge in [-0.2, -0.15) is 11.8 Å². The van der Waals surface area contributed by atoms with Crippen molar-refractivity contribution in [1.29, 1.82) is 0 Å². The van der Waals surface area contributed by atoms with E-state index in [0.717, 1.165) is 15.8 Å². The van der Waals surface area contributed by atoms with E-state index in [1.54, 1.807) is 23.9 Å². The lowest BCUT2D eigenvalue weighted by atomic mass is 10.1. The van der Waals surface area contributed by atoms with Gasteiger partial charge in [0.25, 0.3) is 5.91 Å². The first-order valence-corrected chi connectivity index (χ1v) is 10.6. The predicted octanol–water partition coefficient (Wildman–Crippen LogP) is 4.18. The molecule has 2 N–H and O–H groups in total. The third-order valence-electron chi connectivity index (χ3n) is 4.00. The Morgan fingerprint density at radius 1 is 1.04 bits per heavy atom. The Morgan fingerprint density at radius 2 is 1.69 bits per heavy atom. The standard InChI is InChI=1S/C20H23BrN2O2S/c1-14(15-8-10-17(21)11-9-15)22-20(25)18(12-13-26-2)23-19(24)16-6-4-3-5-7-16/h3-11,14,18H,12-13H2,1-2H3,(H,22,25)(H,23,24)/t14-,18+/m1/s1. The van der Waals surface area contributed by atoms with Gasteiger partial charge < -0.3 is 10.6 Å². The van der Waals surface area contributed by atoms with Crippen molar-refractivity contribution in [2.45, 2.75) is 25.4 Å². The van der Waals surface area contributed by atoms with E-state index in [4.69, 9.17) is 0 Å². The minimum atomic E-state index is -0.562. The molecule has 0 fully saturated rings. The highest BCUT2D eigenvalue weighted by Gasteiger charge is 2.22. The fourth-order valence-corrected chi connectivity index (χ4v) is 3.22. The van der Waals surface area contributed by atoms with Gasteiger partial charge in [0.05, 0.1) is 6.04 Å². The number of amides is 2. The second-order valence-corrected chi connectivity index (χ2v) is 7.86. The summed E-state index contributed by atoms with van der Waals surface area (Å²) in [7, 11) is 0. The maximum Gasteiger partial charge on any atom is 0.251 e. The summed E-state index contributed by atoms with van der Waals surface area (Å²) in [6, 6.07) is 16.1. The highest BCUT2D eigenvalue weighted by molar-refractivity contribution is 9.10. The van der Waals surface area contributed by atoms with Crippen molar-refractivity contribution < 1.29 is 9.59 Å². The number of carbonyl (C=O) groups is 2. The second-order valence-electron chi connectivity index (χ2n) is 5.96. The summed E-state index contributed by atoms with van der Waals surface area (Å²) < 4.78 is 0.993. The van der Waals surface area contributed by atoms with Gasteiger partial charge in [-0.25, -0.2) is 0 Å². The summed E-state index contributed by atoms with van der Waals surface area (Å²) in [5, 5.41) is 5.87. The van der Waals surface area contributed by atoms with Crippen LogP contribution in [0.25, 0.3) is 0 Å². The van der Waals surface area contributed by atoms with Crippen molar-refractivity contribution in [3.63, 3.8) is 0 Å². The van der Waals surface area contributed by atoms with Crippen LogP contribution < -0.4 is 10.6 Å². The van der Waals surface area contributed by atoms with Crippen LogP contribution in [0.3, 0.4) is 0 Å². The largest absolute Gasteiger partial charge is 0.348 e. The summed E-state index contributed by atoms with van der Waals surface area (Å²) >= 11 is 5.06. The molecule has 4 nitrogen and oxygen atoms in total. The zero-order valence-corrected chi connectivity index (χ0v) is 17.3. The topological polar surface area (TPSA) is 58.2 Å². The highest BCUT2D eigenvalue weighted by Crippen LogP contribution is 2.17. The van der Waals surface area contributed by atoms with Crippen molar-refractivity contribution in [1.82, 2.24) is 10.6 Å². The molecule has 138 valence electrons. The molecule has 0 radical (unpaired) electrons. The molecule has 0 unspecified atom stereocenters. The first-order valence-electron chi connectivity index (χ1n) is 8.42. The summed E-state index contributed by atoms with van der Waals surface area (Å²) in [6.45, 7) is 1.94. The van der Waals surface area contributed by atoms with Crippen LogP contribution in [0, 0.1) is 0 Å². The second kappa shape index (κ2) is 10.4. The fraction of sp³-hybridized carbons (Fsp3) is 0.300. The van der Waals surface area contributed by atoms with Crippen molar-refractivity contribution in [3.05, 3.63) is 70.2 Å². The number of benzene rings is 2. The summed E-state index contributed by atoms with van der Waals surface area (Å²) in [5.41, 5.74) is 1.56. The average Bonchev–Trinajstić information content (AvgIpc) is 2.66. The van der Waals surface area contributed by atoms with Crippen LogP contribution in [-0.2, 0) is 4.79 Å². The molecule has 0 aliphatic carbocycles. The van der Waals surface area contributed by atoms with E-state index in [1.165, 1.54) is 0 Å². The van der Waals surface area contributed by atoms with Gasteiger partial charge in [0.1, 0.15) is 6.04 Å². The van der Waals surface area contributed by atoms with E-state index >= 15 is 0 Å². The number of halogens is 1. The fourth-order valence-electron chi connectivity index (χ4n) is 2.48. The summed E-state index contributed by atoms with van der Waals surface area (Å²) in [6.07, 6.45) is 2.57. The quantitative estimate of drug-likeness (QED) is 0.654. The molecule has 2 amide bonds. The minimum absolute atomic E-state index is 0.138. The molecule has 0 heterocycles. The highest BCUT2D eigenvalue weighted by atomic mass is 79.9. The maximum absolute atomic E-state index is 12.7. The van der Waals surface area contributed by atoms with Crippen molar-refractivity contribution in [2.24, 2.45) is 0 Å². The minimum Gasteiger partial charge on any atom is -0.348 e. The maximum atomic E-state index is 12.7. The smallest absolute Gasteiger partial charge is 0.251 e. The molecule has 2 rings (SSSR count). The molecule has 6 heteroatoms. The molecule has 2 aromatic rings. The Hall–Kier alpha value is -1.79. The third-order valence-corrected chi connectivity index (χ3v) is 5.17. The Kier molecular flexibility index (Phi) is 8.19. The lowest BCUT2D eigenvalue weighted by Crippen LogP contribution is -2.47. The van der Waals surface area contributed by atoms with E-state index in [9.17, 15) is 9.59 Å². The van der Waals surface area contributed by atoms with Gasteiger partial charge in [-0.05, 0) is 55.2 Å². The Labute approximate surface area is 167 Å². The lowest BCUT2D eigenvalue weighted by Gasteiger charge is -2.21. The lowest BCUT2D eigenvalue weighted by molar-refractivity contribution is -0.123. The van der Waals surface area contributed by atoms with Gasteiger partial charge in [0.2, 0.25) is 5.91 Å². The Morgan fingerprint density at radius 3 is 2.31 bits per heavy atom. The van der Waals surface area contributed by atoms with Crippen LogP contribution >= 0.6 is 27.7 Å². The van der Waals surface area contributed by atoms with E-state index < -0.39 is 6.04 Å². The molecule has 0 saturated carbocycles. The molecule has 0 aliphatic heterocycles. The molecule has 2 aromatic carbocycles. The number of hydrogen-bond acceptors (Lipinski definition) is 3. The number of carbonyl (C=O) groups excluding carboxylic acids is 2. The first kappa shape index (κ1) is 20.5.